The molecule has 0 saturated carbocycles. The molecule has 1 aromatic rings. The van der Waals surface area contributed by atoms with Crippen molar-refractivity contribution >= 4 is 15.5 Å². The molecule has 1 unspecified atom stereocenters. The Hall–Kier alpha value is -1.03. The second kappa shape index (κ2) is 8.30. The Morgan fingerprint density at radius 2 is 1.85 bits per heavy atom. The van der Waals surface area contributed by atoms with E-state index in [9.17, 15) is 8.42 Å². The Kier molecular flexibility index (Phi) is 7.06. The van der Waals surface area contributed by atoms with E-state index in [4.69, 9.17) is 0 Å². The molecule has 0 aliphatic heterocycles. The van der Waals surface area contributed by atoms with Crippen LogP contribution >= 0.6 is 0 Å². The topological polar surface area (TPSA) is 46.2 Å². The van der Waals surface area contributed by atoms with E-state index < -0.39 is 9.84 Å². The molecular formula is C16H27NO2S. The molecule has 1 N–H and O–H groups in total. The van der Waals surface area contributed by atoms with Crippen molar-refractivity contribution in [1.82, 2.24) is 0 Å². The van der Waals surface area contributed by atoms with Gasteiger partial charge in [0.2, 0.25) is 0 Å². The first-order valence-corrected chi connectivity index (χ1v) is 9.39. The van der Waals surface area contributed by atoms with Crippen LogP contribution in [0.25, 0.3) is 0 Å². The summed E-state index contributed by atoms with van der Waals surface area (Å²) >= 11 is 0. The van der Waals surface area contributed by atoms with Gasteiger partial charge in [0.25, 0.3) is 0 Å². The summed E-state index contributed by atoms with van der Waals surface area (Å²) in [5, 5.41) is 3.38. The zero-order valence-electron chi connectivity index (χ0n) is 12.9. The van der Waals surface area contributed by atoms with Gasteiger partial charge in [-0.3, -0.25) is 0 Å². The molecule has 4 heteroatoms. The molecule has 1 rings (SSSR count). The summed E-state index contributed by atoms with van der Waals surface area (Å²) in [4.78, 5) is 0.373. The van der Waals surface area contributed by atoms with Crippen molar-refractivity contribution in [2.75, 3.05) is 11.6 Å². The Morgan fingerprint density at radius 1 is 1.15 bits per heavy atom. The van der Waals surface area contributed by atoms with Gasteiger partial charge in [-0.1, -0.05) is 45.1 Å². The van der Waals surface area contributed by atoms with Crippen molar-refractivity contribution in [3.63, 3.8) is 0 Å². The van der Waals surface area contributed by atoms with Crippen LogP contribution in [0, 0.1) is 0 Å². The van der Waals surface area contributed by atoms with E-state index in [1.54, 1.807) is 18.2 Å². The maximum atomic E-state index is 11.5. The average molecular weight is 297 g/mol. The van der Waals surface area contributed by atoms with E-state index in [2.05, 4.69) is 19.2 Å². The lowest BCUT2D eigenvalue weighted by Crippen LogP contribution is -2.15. The summed E-state index contributed by atoms with van der Waals surface area (Å²) in [7, 11) is -3.13. The molecule has 114 valence electrons. The van der Waals surface area contributed by atoms with Gasteiger partial charge >= 0.3 is 0 Å². The highest BCUT2D eigenvalue weighted by Crippen LogP contribution is 2.17. The molecule has 0 heterocycles. The quantitative estimate of drug-likeness (QED) is 0.693. The monoisotopic (exact) mass is 297 g/mol. The van der Waals surface area contributed by atoms with Crippen LogP contribution in [0.3, 0.4) is 0 Å². The molecule has 3 nitrogen and oxygen atoms in total. The first kappa shape index (κ1) is 17.0. The van der Waals surface area contributed by atoms with Gasteiger partial charge in [0.15, 0.2) is 9.84 Å². The van der Waals surface area contributed by atoms with Gasteiger partial charge in [-0.25, -0.2) is 8.42 Å². The SMILES string of the molecule is CCCCCCCC(C)Nc1cccc(S(C)(=O)=O)c1. The van der Waals surface area contributed by atoms with Crippen molar-refractivity contribution in [3.05, 3.63) is 24.3 Å². The van der Waals surface area contributed by atoms with E-state index in [1.807, 2.05) is 6.07 Å². The zero-order valence-corrected chi connectivity index (χ0v) is 13.7. The highest BCUT2D eigenvalue weighted by atomic mass is 32.2. The third kappa shape index (κ3) is 6.42. The molecule has 1 aromatic carbocycles. The standard InChI is InChI=1S/C16H27NO2S/c1-4-5-6-7-8-10-14(2)17-15-11-9-12-16(13-15)20(3,18)19/h9,11-14,17H,4-8,10H2,1-3H3. The molecule has 20 heavy (non-hydrogen) atoms. The molecule has 0 bridgehead atoms. The number of anilines is 1. The van der Waals surface area contributed by atoms with Gasteiger partial charge in [-0.05, 0) is 31.5 Å². The molecule has 0 fully saturated rings. The lowest BCUT2D eigenvalue weighted by atomic mass is 10.1. The van der Waals surface area contributed by atoms with Crippen LogP contribution in [0.1, 0.15) is 52.4 Å². The lowest BCUT2D eigenvalue weighted by molar-refractivity contribution is 0.578. The van der Waals surface area contributed by atoms with Crippen molar-refractivity contribution in [2.24, 2.45) is 0 Å². The summed E-state index contributed by atoms with van der Waals surface area (Å²) in [5.41, 5.74) is 0.883. The fourth-order valence-electron chi connectivity index (χ4n) is 2.23. The third-order valence-electron chi connectivity index (χ3n) is 3.42. The van der Waals surface area contributed by atoms with Gasteiger partial charge in [-0.2, -0.15) is 0 Å². The lowest BCUT2D eigenvalue weighted by Gasteiger charge is -2.15. The van der Waals surface area contributed by atoms with Crippen LogP contribution in [0.2, 0.25) is 0 Å². The Balaban J connectivity index is 2.44. The van der Waals surface area contributed by atoms with Gasteiger partial charge in [0.05, 0.1) is 4.90 Å². The first-order chi connectivity index (χ1) is 9.43. The number of nitrogens with one attached hydrogen (secondary N) is 1. The van der Waals surface area contributed by atoms with Crippen molar-refractivity contribution in [2.45, 2.75) is 63.3 Å². The molecule has 0 amide bonds. The van der Waals surface area contributed by atoms with Crippen LogP contribution in [0.15, 0.2) is 29.2 Å². The van der Waals surface area contributed by atoms with E-state index >= 15 is 0 Å². The van der Waals surface area contributed by atoms with Crippen LogP contribution in [-0.2, 0) is 9.84 Å². The van der Waals surface area contributed by atoms with Crippen LogP contribution in [-0.4, -0.2) is 20.7 Å². The van der Waals surface area contributed by atoms with Crippen LogP contribution in [0.4, 0.5) is 5.69 Å². The number of sulfone groups is 1. The minimum Gasteiger partial charge on any atom is -0.383 e. The average Bonchev–Trinajstić information content (AvgIpc) is 2.38. The molecule has 1 atom stereocenters. The molecule has 0 spiro atoms. The van der Waals surface area contributed by atoms with Gasteiger partial charge in [-0.15, -0.1) is 0 Å². The van der Waals surface area contributed by atoms with Gasteiger partial charge in [0.1, 0.15) is 0 Å². The van der Waals surface area contributed by atoms with E-state index in [-0.39, 0.29) is 0 Å². The van der Waals surface area contributed by atoms with Crippen LogP contribution in [0.5, 0.6) is 0 Å². The zero-order chi connectivity index (χ0) is 15.0. The predicted octanol–water partition coefficient (Wildman–Crippen LogP) is 4.25. The summed E-state index contributed by atoms with van der Waals surface area (Å²) in [6, 6.07) is 7.42. The smallest absolute Gasteiger partial charge is 0.175 e. The molecule has 0 aliphatic carbocycles. The summed E-state index contributed by atoms with van der Waals surface area (Å²) in [6.45, 7) is 4.37. The van der Waals surface area contributed by atoms with Crippen molar-refractivity contribution < 1.29 is 8.42 Å². The second-order valence-corrected chi connectivity index (χ2v) is 7.56. The number of unbranched alkanes of at least 4 members (excludes halogenated alkanes) is 4. The van der Waals surface area contributed by atoms with Gasteiger partial charge < -0.3 is 5.32 Å². The minimum absolute atomic E-state index is 0.367. The van der Waals surface area contributed by atoms with Crippen molar-refractivity contribution in [3.8, 4) is 0 Å². The third-order valence-corrected chi connectivity index (χ3v) is 4.53. The van der Waals surface area contributed by atoms with Crippen LogP contribution < -0.4 is 5.32 Å². The van der Waals surface area contributed by atoms with E-state index in [1.165, 1.54) is 38.4 Å². The highest BCUT2D eigenvalue weighted by molar-refractivity contribution is 7.90. The van der Waals surface area contributed by atoms with Crippen molar-refractivity contribution in [1.29, 1.82) is 0 Å². The number of benzene rings is 1. The summed E-state index contributed by atoms with van der Waals surface area (Å²) in [5.74, 6) is 0. The number of hydrogen-bond acceptors (Lipinski definition) is 3. The largest absolute Gasteiger partial charge is 0.383 e. The Bertz CT molecular complexity index is 497. The molecule has 0 saturated heterocycles. The minimum atomic E-state index is -3.13. The number of hydrogen-bond donors (Lipinski definition) is 1. The fourth-order valence-corrected chi connectivity index (χ4v) is 2.89. The van der Waals surface area contributed by atoms with E-state index in [0.29, 0.717) is 10.9 Å². The van der Waals surface area contributed by atoms with Gasteiger partial charge in [0, 0.05) is 18.0 Å². The maximum Gasteiger partial charge on any atom is 0.175 e. The maximum absolute atomic E-state index is 11.5. The first-order valence-electron chi connectivity index (χ1n) is 7.50. The Labute approximate surface area is 123 Å². The second-order valence-electron chi connectivity index (χ2n) is 5.55. The highest BCUT2D eigenvalue weighted by Gasteiger charge is 2.08. The van der Waals surface area contributed by atoms with E-state index in [0.717, 1.165) is 12.1 Å². The summed E-state index contributed by atoms with van der Waals surface area (Å²) in [6.07, 6.45) is 8.76. The summed E-state index contributed by atoms with van der Waals surface area (Å²) < 4.78 is 23.0. The molecule has 0 aliphatic rings. The molecule has 0 radical (unpaired) electrons. The predicted molar refractivity (Wildman–Crippen MR) is 86.0 cm³/mol. The number of rotatable bonds is 9. The Morgan fingerprint density at radius 3 is 2.50 bits per heavy atom. The fraction of sp³-hybridized carbons (Fsp3) is 0.625. The normalized spacial score (nSPS) is 13.2. The molecule has 0 aromatic heterocycles. The molecular weight excluding hydrogens is 270 g/mol.